The monoisotopic (exact) mass is 308 g/mol. The number of amides is 1. The fourth-order valence-electron chi connectivity index (χ4n) is 1.79. The van der Waals surface area contributed by atoms with Crippen molar-refractivity contribution in [2.75, 3.05) is 25.0 Å². The first-order chi connectivity index (χ1) is 10.1. The normalized spacial score (nSPS) is 10.9. The van der Waals surface area contributed by atoms with Crippen LogP contribution in [0.1, 0.15) is 13.8 Å². The second kappa shape index (κ2) is 7.19. The maximum Gasteiger partial charge on any atom is 0.322 e. The number of rotatable bonds is 6. The van der Waals surface area contributed by atoms with E-state index in [1.54, 1.807) is 24.3 Å². The van der Waals surface area contributed by atoms with Crippen molar-refractivity contribution in [3.8, 4) is 11.5 Å². The lowest BCUT2D eigenvalue weighted by atomic mass is 10.2. The lowest BCUT2D eigenvalue weighted by Gasteiger charge is -2.16. The van der Waals surface area contributed by atoms with Crippen molar-refractivity contribution in [2.45, 2.75) is 13.8 Å². The predicted octanol–water partition coefficient (Wildman–Crippen LogP) is 2.67. The van der Waals surface area contributed by atoms with E-state index in [0.717, 1.165) is 18.7 Å². The van der Waals surface area contributed by atoms with Gasteiger partial charge in [-0.05, 0) is 37.4 Å². The smallest absolute Gasteiger partial charge is 0.322 e. The summed E-state index contributed by atoms with van der Waals surface area (Å²) in [6, 6.07) is 7.12. The first-order valence-corrected chi connectivity index (χ1v) is 7.11. The van der Waals surface area contributed by atoms with Crippen molar-refractivity contribution in [1.29, 1.82) is 0 Å². The first kappa shape index (κ1) is 15.5. The third kappa shape index (κ3) is 4.27. The van der Waals surface area contributed by atoms with Gasteiger partial charge in [0.1, 0.15) is 0 Å². The minimum Gasteiger partial charge on any atom is -0.403 e. The molecule has 21 heavy (non-hydrogen) atoms. The number of benzene rings is 1. The Morgan fingerprint density at radius 2 is 1.90 bits per heavy atom. The van der Waals surface area contributed by atoms with E-state index >= 15 is 0 Å². The molecule has 7 heteroatoms. The van der Waals surface area contributed by atoms with E-state index < -0.39 is 0 Å². The maximum atomic E-state index is 11.8. The summed E-state index contributed by atoms with van der Waals surface area (Å²) in [4.78, 5) is 13.8. The van der Waals surface area contributed by atoms with Gasteiger partial charge in [-0.15, -0.1) is 5.10 Å². The van der Waals surface area contributed by atoms with Gasteiger partial charge in [-0.3, -0.25) is 15.0 Å². The second-order valence-electron chi connectivity index (χ2n) is 4.43. The molecule has 1 aromatic heterocycles. The van der Waals surface area contributed by atoms with Crippen LogP contribution in [-0.2, 0) is 4.79 Å². The molecule has 0 aliphatic heterocycles. The van der Waals surface area contributed by atoms with Gasteiger partial charge in [0.05, 0.1) is 6.54 Å². The average Bonchev–Trinajstić information content (AvgIpc) is 2.94. The number of aromatic nitrogens is 2. The van der Waals surface area contributed by atoms with Crippen LogP contribution >= 0.6 is 11.6 Å². The molecule has 0 spiro atoms. The van der Waals surface area contributed by atoms with E-state index in [1.165, 1.54) is 0 Å². The van der Waals surface area contributed by atoms with Gasteiger partial charge < -0.3 is 4.42 Å². The Morgan fingerprint density at radius 3 is 2.52 bits per heavy atom. The molecule has 0 unspecified atom stereocenters. The fraction of sp³-hybridized carbons (Fsp3) is 0.357. The van der Waals surface area contributed by atoms with Crippen molar-refractivity contribution in [1.82, 2.24) is 15.1 Å². The predicted molar refractivity (Wildman–Crippen MR) is 81.2 cm³/mol. The Kier molecular flexibility index (Phi) is 5.30. The van der Waals surface area contributed by atoms with E-state index in [0.29, 0.717) is 17.5 Å². The molecule has 1 aromatic carbocycles. The zero-order chi connectivity index (χ0) is 15.2. The summed E-state index contributed by atoms with van der Waals surface area (Å²) in [7, 11) is 0. The Labute approximate surface area is 128 Å². The SMILES string of the molecule is CCN(CC)CC(=O)Nc1nnc(-c2ccc(Cl)cc2)o1. The summed E-state index contributed by atoms with van der Waals surface area (Å²) in [6.45, 7) is 5.92. The molecule has 112 valence electrons. The lowest BCUT2D eigenvalue weighted by molar-refractivity contribution is -0.117. The van der Waals surface area contributed by atoms with Crippen LogP contribution < -0.4 is 5.32 Å². The van der Waals surface area contributed by atoms with Crippen molar-refractivity contribution < 1.29 is 9.21 Å². The average molecular weight is 309 g/mol. The highest BCUT2D eigenvalue weighted by Crippen LogP contribution is 2.21. The van der Waals surface area contributed by atoms with E-state index in [-0.39, 0.29) is 11.9 Å². The summed E-state index contributed by atoms with van der Waals surface area (Å²) in [5, 5.41) is 10.9. The highest BCUT2D eigenvalue weighted by atomic mass is 35.5. The molecule has 1 amide bonds. The minimum atomic E-state index is -0.176. The van der Waals surface area contributed by atoms with Gasteiger partial charge in [0.15, 0.2) is 0 Å². The van der Waals surface area contributed by atoms with E-state index in [2.05, 4.69) is 15.5 Å². The number of carbonyl (C=O) groups is 1. The van der Waals surface area contributed by atoms with Gasteiger partial charge in [-0.1, -0.05) is 30.5 Å². The van der Waals surface area contributed by atoms with Crippen molar-refractivity contribution in [3.63, 3.8) is 0 Å². The minimum absolute atomic E-state index is 0.0945. The Morgan fingerprint density at radius 1 is 1.24 bits per heavy atom. The number of nitrogens with one attached hydrogen (secondary N) is 1. The van der Waals surface area contributed by atoms with Crippen LogP contribution in [0.3, 0.4) is 0 Å². The van der Waals surface area contributed by atoms with Gasteiger partial charge in [-0.25, -0.2) is 0 Å². The molecule has 2 rings (SSSR count). The maximum absolute atomic E-state index is 11.8. The van der Waals surface area contributed by atoms with Crippen LogP contribution in [0.5, 0.6) is 0 Å². The summed E-state index contributed by atoms with van der Waals surface area (Å²) >= 11 is 5.82. The number of likely N-dealkylation sites (N-methyl/N-ethyl adjacent to an activating group) is 1. The van der Waals surface area contributed by atoms with Gasteiger partial charge in [0.2, 0.25) is 11.8 Å². The Balaban J connectivity index is 2.00. The molecule has 1 N–H and O–H groups in total. The molecule has 0 fully saturated rings. The lowest BCUT2D eigenvalue weighted by Crippen LogP contribution is -2.32. The van der Waals surface area contributed by atoms with Crippen LogP contribution in [0, 0.1) is 0 Å². The van der Waals surface area contributed by atoms with Crippen LogP contribution in [0.4, 0.5) is 6.01 Å². The number of halogens is 1. The number of hydrogen-bond acceptors (Lipinski definition) is 5. The van der Waals surface area contributed by atoms with E-state index in [4.69, 9.17) is 16.0 Å². The first-order valence-electron chi connectivity index (χ1n) is 6.74. The molecule has 0 radical (unpaired) electrons. The standard InChI is InChI=1S/C14H17ClN4O2/c1-3-19(4-2)9-12(20)16-14-18-17-13(21-14)10-5-7-11(15)8-6-10/h5-8H,3-4,9H2,1-2H3,(H,16,18,20). The second-order valence-corrected chi connectivity index (χ2v) is 4.87. The van der Waals surface area contributed by atoms with Crippen LogP contribution in [0.15, 0.2) is 28.7 Å². The summed E-state index contributed by atoms with van der Waals surface area (Å²) < 4.78 is 5.41. The molecule has 0 aliphatic carbocycles. The van der Waals surface area contributed by atoms with Crippen LogP contribution in [-0.4, -0.2) is 40.6 Å². The molecule has 0 saturated heterocycles. The molecular formula is C14H17ClN4O2. The van der Waals surface area contributed by atoms with Gasteiger partial charge in [0, 0.05) is 10.6 Å². The molecular weight excluding hydrogens is 292 g/mol. The van der Waals surface area contributed by atoms with Crippen molar-refractivity contribution in [3.05, 3.63) is 29.3 Å². The third-order valence-electron chi connectivity index (χ3n) is 3.02. The number of nitrogens with zero attached hydrogens (tertiary/aromatic N) is 3. The van der Waals surface area contributed by atoms with Gasteiger partial charge in [-0.2, -0.15) is 0 Å². The molecule has 2 aromatic rings. The molecule has 0 atom stereocenters. The van der Waals surface area contributed by atoms with E-state index in [9.17, 15) is 4.79 Å². The van der Waals surface area contributed by atoms with E-state index in [1.807, 2.05) is 18.7 Å². The molecule has 0 saturated carbocycles. The summed E-state index contributed by atoms with van der Waals surface area (Å²) in [5.74, 6) is 0.162. The topological polar surface area (TPSA) is 71.3 Å². The number of carbonyl (C=O) groups excluding carboxylic acids is 1. The number of anilines is 1. The molecule has 0 bridgehead atoms. The fourth-order valence-corrected chi connectivity index (χ4v) is 1.92. The van der Waals surface area contributed by atoms with Crippen LogP contribution in [0.2, 0.25) is 5.02 Å². The molecule has 6 nitrogen and oxygen atoms in total. The zero-order valence-corrected chi connectivity index (χ0v) is 12.7. The highest BCUT2D eigenvalue weighted by Gasteiger charge is 2.13. The largest absolute Gasteiger partial charge is 0.403 e. The van der Waals surface area contributed by atoms with Crippen LogP contribution in [0.25, 0.3) is 11.5 Å². The quantitative estimate of drug-likeness (QED) is 0.888. The zero-order valence-electron chi connectivity index (χ0n) is 12.0. The Hall–Kier alpha value is -1.92. The summed E-state index contributed by atoms with van der Waals surface area (Å²) in [5.41, 5.74) is 0.746. The van der Waals surface area contributed by atoms with Gasteiger partial charge in [0.25, 0.3) is 0 Å². The summed E-state index contributed by atoms with van der Waals surface area (Å²) in [6.07, 6.45) is 0. The van der Waals surface area contributed by atoms with Gasteiger partial charge >= 0.3 is 6.01 Å². The number of hydrogen-bond donors (Lipinski definition) is 1. The highest BCUT2D eigenvalue weighted by molar-refractivity contribution is 6.30. The molecule has 1 heterocycles. The van der Waals surface area contributed by atoms with Crippen molar-refractivity contribution >= 4 is 23.5 Å². The Bertz CT molecular complexity index is 593. The third-order valence-corrected chi connectivity index (χ3v) is 3.28. The molecule has 0 aliphatic rings. The van der Waals surface area contributed by atoms with Crippen molar-refractivity contribution in [2.24, 2.45) is 0 Å².